The molecule has 3 N–H and O–H groups in total. The van der Waals surface area contributed by atoms with E-state index in [1.165, 1.54) is 0 Å². The van der Waals surface area contributed by atoms with Crippen LogP contribution in [0, 0.1) is 5.92 Å². The number of nitrogens with one attached hydrogen (secondary N) is 1. The van der Waals surface area contributed by atoms with Crippen LogP contribution in [0.2, 0.25) is 10.0 Å². The lowest BCUT2D eigenvalue weighted by Crippen LogP contribution is -2.15. The summed E-state index contributed by atoms with van der Waals surface area (Å²) < 4.78 is 0. The molecule has 0 spiro atoms. The molecule has 0 bridgehead atoms. The molecule has 1 aromatic rings. The summed E-state index contributed by atoms with van der Waals surface area (Å²) in [7, 11) is 0. The number of benzene rings is 1. The van der Waals surface area contributed by atoms with Gasteiger partial charge in [0.05, 0.1) is 10.0 Å². The molecule has 1 aromatic carbocycles. The van der Waals surface area contributed by atoms with Crippen molar-refractivity contribution in [1.82, 2.24) is 0 Å². The molecule has 1 atom stereocenters. The lowest BCUT2D eigenvalue weighted by atomic mass is 9.96. The largest absolute Gasteiger partial charge is 0.330 e. The molecule has 5 heteroatoms. The highest BCUT2D eigenvalue weighted by Gasteiger charge is 2.09. The van der Waals surface area contributed by atoms with Gasteiger partial charge in [-0.1, -0.05) is 36.5 Å². The van der Waals surface area contributed by atoms with E-state index in [-0.39, 0.29) is 5.91 Å². The van der Waals surface area contributed by atoms with E-state index in [1.807, 2.05) is 0 Å². The van der Waals surface area contributed by atoms with Crippen molar-refractivity contribution < 1.29 is 4.79 Å². The van der Waals surface area contributed by atoms with Crippen LogP contribution in [0.15, 0.2) is 18.2 Å². The number of anilines is 1. The molecule has 1 rings (SSSR count). The van der Waals surface area contributed by atoms with E-state index in [9.17, 15) is 4.79 Å². The summed E-state index contributed by atoms with van der Waals surface area (Å²) in [4.78, 5) is 11.8. The number of rotatable bonds is 7. The van der Waals surface area contributed by atoms with E-state index >= 15 is 0 Å². The van der Waals surface area contributed by atoms with Crippen LogP contribution >= 0.6 is 23.2 Å². The van der Waals surface area contributed by atoms with Gasteiger partial charge in [0.15, 0.2) is 0 Å². The van der Waals surface area contributed by atoms with E-state index in [0.29, 0.717) is 34.6 Å². The van der Waals surface area contributed by atoms with Gasteiger partial charge >= 0.3 is 0 Å². The van der Waals surface area contributed by atoms with Crippen molar-refractivity contribution in [2.24, 2.45) is 11.7 Å². The normalized spacial score (nSPS) is 12.2. The molecule has 0 radical (unpaired) electrons. The van der Waals surface area contributed by atoms with Gasteiger partial charge in [0, 0.05) is 12.1 Å². The van der Waals surface area contributed by atoms with Crippen LogP contribution in [0.25, 0.3) is 0 Å². The molecule has 0 aromatic heterocycles. The first-order valence-corrected chi connectivity index (χ1v) is 7.27. The second-order valence-corrected chi connectivity index (χ2v) is 5.38. The van der Waals surface area contributed by atoms with Crippen molar-refractivity contribution in [3.63, 3.8) is 0 Å². The number of hydrogen-bond donors (Lipinski definition) is 2. The molecule has 106 valence electrons. The van der Waals surface area contributed by atoms with Crippen LogP contribution in [0.4, 0.5) is 5.69 Å². The van der Waals surface area contributed by atoms with E-state index in [4.69, 9.17) is 28.9 Å². The zero-order chi connectivity index (χ0) is 14.3. The Morgan fingerprint density at radius 1 is 1.32 bits per heavy atom. The highest BCUT2D eigenvalue weighted by molar-refractivity contribution is 6.42. The fourth-order valence-corrected chi connectivity index (χ4v) is 2.22. The minimum atomic E-state index is -0.00568. The monoisotopic (exact) mass is 302 g/mol. The summed E-state index contributed by atoms with van der Waals surface area (Å²) >= 11 is 11.7. The quantitative estimate of drug-likeness (QED) is 0.797. The van der Waals surface area contributed by atoms with Crippen molar-refractivity contribution in [3.8, 4) is 0 Å². The summed E-state index contributed by atoms with van der Waals surface area (Å²) in [5.41, 5.74) is 6.21. The van der Waals surface area contributed by atoms with Crippen molar-refractivity contribution >= 4 is 34.8 Å². The molecule has 0 fully saturated rings. The third-order valence-corrected chi connectivity index (χ3v) is 3.87. The van der Waals surface area contributed by atoms with Crippen LogP contribution in [-0.2, 0) is 4.79 Å². The highest BCUT2D eigenvalue weighted by Crippen LogP contribution is 2.25. The van der Waals surface area contributed by atoms with Crippen molar-refractivity contribution in [2.75, 3.05) is 11.9 Å². The molecule has 0 saturated carbocycles. The summed E-state index contributed by atoms with van der Waals surface area (Å²) in [5.74, 6) is 0.512. The Balaban J connectivity index is 2.44. The smallest absolute Gasteiger partial charge is 0.224 e. The molecule has 19 heavy (non-hydrogen) atoms. The minimum Gasteiger partial charge on any atom is -0.330 e. The zero-order valence-corrected chi connectivity index (χ0v) is 12.6. The summed E-state index contributed by atoms with van der Waals surface area (Å²) in [5, 5.41) is 3.74. The topological polar surface area (TPSA) is 55.1 Å². The Labute approximate surface area is 124 Å². The van der Waals surface area contributed by atoms with Crippen LogP contribution in [-0.4, -0.2) is 12.5 Å². The number of nitrogens with two attached hydrogens (primary N) is 1. The molecule has 3 nitrogen and oxygen atoms in total. The Hall–Kier alpha value is -0.770. The van der Waals surface area contributed by atoms with Gasteiger partial charge in [-0.25, -0.2) is 0 Å². The van der Waals surface area contributed by atoms with Crippen molar-refractivity contribution in [2.45, 2.75) is 32.6 Å². The standard InChI is InChI=1S/C14H20Cl2N2O/c1-2-10(7-8-17)3-6-14(19)18-11-4-5-12(15)13(16)9-11/h4-5,9-10H,2-3,6-8,17H2,1H3,(H,18,19). The summed E-state index contributed by atoms with van der Waals surface area (Å²) in [6.45, 7) is 2.80. The lowest BCUT2D eigenvalue weighted by molar-refractivity contribution is -0.116. The van der Waals surface area contributed by atoms with E-state index in [0.717, 1.165) is 19.3 Å². The van der Waals surface area contributed by atoms with Crippen molar-refractivity contribution in [3.05, 3.63) is 28.2 Å². The Kier molecular flexibility index (Phi) is 7.21. The SMILES string of the molecule is CCC(CCN)CCC(=O)Nc1ccc(Cl)c(Cl)c1. The molecule has 0 aliphatic rings. The molecule has 0 aliphatic carbocycles. The third kappa shape index (κ3) is 5.81. The van der Waals surface area contributed by atoms with E-state index in [1.54, 1.807) is 18.2 Å². The highest BCUT2D eigenvalue weighted by atomic mass is 35.5. The number of carbonyl (C=O) groups is 1. The number of carbonyl (C=O) groups excluding carboxylic acids is 1. The number of amides is 1. The molecule has 1 unspecified atom stereocenters. The first-order chi connectivity index (χ1) is 9.06. The fraction of sp³-hybridized carbons (Fsp3) is 0.500. The van der Waals surface area contributed by atoms with Gasteiger partial charge < -0.3 is 11.1 Å². The third-order valence-electron chi connectivity index (χ3n) is 3.14. The first kappa shape index (κ1) is 16.3. The predicted octanol–water partition coefficient (Wildman–Crippen LogP) is 4.09. The molecular formula is C14H20Cl2N2O. The maximum absolute atomic E-state index is 11.8. The van der Waals surface area contributed by atoms with Gasteiger partial charge in [-0.2, -0.15) is 0 Å². The maximum atomic E-state index is 11.8. The van der Waals surface area contributed by atoms with Gasteiger partial charge in [0.25, 0.3) is 0 Å². The second kappa shape index (κ2) is 8.41. The van der Waals surface area contributed by atoms with Crippen LogP contribution in [0.5, 0.6) is 0 Å². The zero-order valence-electron chi connectivity index (χ0n) is 11.1. The van der Waals surface area contributed by atoms with Crippen LogP contribution in [0.1, 0.15) is 32.6 Å². The van der Waals surface area contributed by atoms with Gasteiger partial charge in [-0.05, 0) is 43.5 Å². The van der Waals surface area contributed by atoms with Gasteiger partial charge in [0.1, 0.15) is 0 Å². The predicted molar refractivity (Wildman–Crippen MR) is 81.8 cm³/mol. The molecule has 0 aliphatic heterocycles. The first-order valence-electron chi connectivity index (χ1n) is 6.51. The molecule has 1 amide bonds. The van der Waals surface area contributed by atoms with Gasteiger partial charge in [-0.3, -0.25) is 4.79 Å². The Bertz CT molecular complexity index is 424. The maximum Gasteiger partial charge on any atom is 0.224 e. The summed E-state index contributed by atoms with van der Waals surface area (Å²) in [6, 6.07) is 5.06. The average molecular weight is 303 g/mol. The van der Waals surface area contributed by atoms with Crippen LogP contribution < -0.4 is 11.1 Å². The van der Waals surface area contributed by atoms with E-state index in [2.05, 4.69) is 12.2 Å². The Morgan fingerprint density at radius 2 is 2.05 bits per heavy atom. The van der Waals surface area contributed by atoms with Crippen molar-refractivity contribution in [1.29, 1.82) is 0 Å². The fourth-order valence-electron chi connectivity index (χ4n) is 1.92. The van der Waals surface area contributed by atoms with Crippen LogP contribution in [0.3, 0.4) is 0 Å². The molecule has 0 saturated heterocycles. The van der Waals surface area contributed by atoms with Gasteiger partial charge in [0.2, 0.25) is 5.91 Å². The lowest BCUT2D eigenvalue weighted by Gasteiger charge is -2.13. The summed E-state index contributed by atoms with van der Waals surface area (Å²) in [6.07, 6.45) is 3.38. The molecular weight excluding hydrogens is 283 g/mol. The number of halogens is 2. The molecule has 0 heterocycles. The van der Waals surface area contributed by atoms with Gasteiger partial charge in [-0.15, -0.1) is 0 Å². The average Bonchev–Trinajstić information content (AvgIpc) is 2.39. The second-order valence-electron chi connectivity index (χ2n) is 4.57. The Morgan fingerprint density at radius 3 is 2.63 bits per heavy atom. The minimum absolute atomic E-state index is 0.00568. The number of hydrogen-bond acceptors (Lipinski definition) is 2. The van der Waals surface area contributed by atoms with E-state index < -0.39 is 0 Å².